The maximum atomic E-state index is 4.06. The fourth-order valence-electron chi connectivity index (χ4n) is 2.36. The summed E-state index contributed by atoms with van der Waals surface area (Å²) < 4.78 is 0. The standard InChI is InChI=1S/C17H22N2/c1-14-4-3-5-15(12-14)6-7-17(18-2)13-16-8-10-19-11-9-16/h3-5,8-12,17-18H,6-7,13H2,1-2H3. The number of pyridine rings is 1. The van der Waals surface area contributed by atoms with Gasteiger partial charge in [-0.1, -0.05) is 29.8 Å². The summed E-state index contributed by atoms with van der Waals surface area (Å²) >= 11 is 0. The molecule has 1 aromatic heterocycles. The van der Waals surface area contributed by atoms with Gasteiger partial charge in [0.25, 0.3) is 0 Å². The molecule has 0 fully saturated rings. The summed E-state index contributed by atoms with van der Waals surface area (Å²) in [5.74, 6) is 0. The predicted octanol–water partition coefficient (Wildman–Crippen LogP) is 3.15. The van der Waals surface area contributed by atoms with E-state index < -0.39 is 0 Å². The van der Waals surface area contributed by atoms with Gasteiger partial charge in [-0.05, 0) is 56.5 Å². The van der Waals surface area contributed by atoms with Gasteiger partial charge in [0, 0.05) is 18.4 Å². The van der Waals surface area contributed by atoms with Gasteiger partial charge in [-0.25, -0.2) is 0 Å². The minimum atomic E-state index is 0.517. The van der Waals surface area contributed by atoms with Gasteiger partial charge in [-0.15, -0.1) is 0 Å². The first kappa shape index (κ1) is 13.8. The number of nitrogens with zero attached hydrogens (tertiary/aromatic N) is 1. The molecule has 1 heterocycles. The van der Waals surface area contributed by atoms with E-state index in [-0.39, 0.29) is 0 Å². The van der Waals surface area contributed by atoms with Gasteiger partial charge >= 0.3 is 0 Å². The van der Waals surface area contributed by atoms with Crippen molar-refractivity contribution < 1.29 is 0 Å². The Hall–Kier alpha value is -1.67. The molecule has 2 rings (SSSR count). The summed E-state index contributed by atoms with van der Waals surface area (Å²) in [5.41, 5.74) is 4.11. The molecule has 2 nitrogen and oxygen atoms in total. The van der Waals surface area contributed by atoms with Crippen LogP contribution in [0.5, 0.6) is 0 Å². The Balaban J connectivity index is 1.89. The van der Waals surface area contributed by atoms with Crippen LogP contribution in [0.1, 0.15) is 23.1 Å². The molecule has 1 unspecified atom stereocenters. The molecule has 0 aliphatic heterocycles. The van der Waals surface area contributed by atoms with Crippen molar-refractivity contribution >= 4 is 0 Å². The molecule has 0 radical (unpaired) electrons. The first-order valence-corrected chi connectivity index (χ1v) is 6.89. The Bertz CT molecular complexity index is 494. The molecule has 1 atom stereocenters. The average molecular weight is 254 g/mol. The van der Waals surface area contributed by atoms with Crippen LogP contribution in [0.3, 0.4) is 0 Å². The molecule has 100 valence electrons. The van der Waals surface area contributed by atoms with Gasteiger partial charge < -0.3 is 5.32 Å². The number of hydrogen-bond acceptors (Lipinski definition) is 2. The van der Waals surface area contributed by atoms with Crippen molar-refractivity contribution in [2.75, 3.05) is 7.05 Å². The van der Waals surface area contributed by atoms with E-state index in [0.29, 0.717) is 6.04 Å². The summed E-state index contributed by atoms with van der Waals surface area (Å²) in [6.45, 7) is 2.15. The molecule has 2 aromatic rings. The van der Waals surface area contributed by atoms with E-state index in [4.69, 9.17) is 0 Å². The van der Waals surface area contributed by atoms with E-state index in [2.05, 4.69) is 53.6 Å². The van der Waals surface area contributed by atoms with Crippen LogP contribution >= 0.6 is 0 Å². The second kappa shape index (κ2) is 7.05. The number of benzene rings is 1. The van der Waals surface area contributed by atoms with Crippen molar-refractivity contribution in [3.05, 3.63) is 65.5 Å². The number of nitrogens with one attached hydrogen (secondary N) is 1. The first-order chi connectivity index (χ1) is 9.28. The molecular formula is C17H22N2. The topological polar surface area (TPSA) is 24.9 Å². The van der Waals surface area contributed by atoms with Gasteiger partial charge in [0.2, 0.25) is 0 Å². The molecular weight excluding hydrogens is 232 g/mol. The van der Waals surface area contributed by atoms with Crippen LogP contribution < -0.4 is 5.32 Å². The van der Waals surface area contributed by atoms with E-state index in [1.54, 1.807) is 0 Å². The smallest absolute Gasteiger partial charge is 0.0270 e. The minimum Gasteiger partial charge on any atom is -0.317 e. The lowest BCUT2D eigenvalue weighted by atomic mass is 9.99. The molecule has 0 aliphatic rings. The Morgan fingerprint density at radius 2 is 1.89 bits per heavy atom. The predicted molar refractivity (Wildman–Crippen MR) is 80.3 cm³/mol. The normalized spacial score (nSPS) is 12.3. The van der Waals surface area contributed by atoms with E-state index in [9.17, 15) is 0 Å². The Kier molecular flexibility index (Phi) is 5.10. The van der Waals surface area contributed by atoms with Crippen LogP contribution in [0.25, 0.3) is 0 Å². The second-order valence-corrected chi connectivity index (χ2v) is 5.07. The lowest BCUT2D eigenvalue weighted by Crippen LogP contribution is -2.28. The highest BCUT2D eigenvalue weighted by Crippen LogP contribution is 2.11. The van der Waals surface area contributed by atoms with Crippen LogP contribution in [0.15, 0.2) is 48.8 Å². The maximum absolute atomic E-state index is 4.06. The molecule has 1 N–H and O–H groups in total. The van der Waals surface area contributed by atoms with Crippen molar-refractivity contribution in [2.45, 2.75) is 32.2 Å². The molecule has 0 amide bonds. The van der Waals surface area contributed by atoms with Crippen molar-refractivity contribution in [1.29, 1.82) is 0 Å². The zero-order chi connectivity index (χ0) is 13.5. The van der Waals surface area contributed by atoms with Crippen molar-refractivity contribution in [3.8, 4) is 0 Å². The van der Waals surface area contributed by atoms with Crippen molar-refractivity contribution in [2.24, 2.45) is 0 Å². The highest BCUT2D eigenvalue weighted by Gasteiger charge is 2.07. The van der Waals surface area contributed by atoms with Crippen molar-refractivity contribution in [3.63, 3.8) is 0 Å². The molecule has 2 heteroatoms. The van der Waals surface area contributed by atoms with Crippen LogP contribution in [0.4, 0.5) is 0 Å². The summed E-state index contributed by atoms with van der Waals surface area (Å²) in [6, 6.07) is 13.5. The van der Waals surface area contributed by atoms with E-state index in [0.717, 1.165) is 19.3 Å². The van der Waals surface area contributed by atoms with Crippen LogP contribution in [-0.2, 0) is 12.8 Å². The van der Waals surface area contributed by atoms with E-state index in [1.165, 1.54) is 16.7 Å². The molecule has 0 bridgehead atoms. The first-order valence-electron chi connectivity index (χ1n) is 6.89. The lowest BCUT2D eigenvalue weighted by molar-refractivity contribution is 0.520. The number of hydrogen-bond donors (Lipinski definition) is 1. The van der Waals surface area contributed by atoms with Gasteiger partial charge in [0.1, 0.15) is 0 Å². The quantitative estimate of drug-likeness (QED) is 0.856. The van der Waals surface area contributed by atoms with E-state index in [1.807, 2.05) is 19.4 Å². The van der Waals surface area contributed by atoms with Gasteiger partial charge in [-0.3, -0.25) is 4.98 Å². The molecule has 0 saturated carbocycles. The SMILES string of the molecule is CNC(CCc1cccc(C)c1)Cc1ccncc1. The summed E-state index contributed by atoms with van der Waals surface area (Å²) in [4.78, 5) is 4.06. The zero-order valence-electron chi connectivity index (χ0n) is 11.8. The zero-order valence-corrected chi connectivity index (χ0v) is 11.8. The largest absolute Gasteiger partial charge is 0.317 e. The van der Waals surface area contributed by atoms with Gasteiger partial charge in [-0.2, -0.15) is 0 Å². The average Bonchev–Trinajstić information content (AvgIpc) is 2.44. The monoisotopic (exact) mass is 254 g/mol. The van der Waals surface area contributed by atoms with Gasteiger partial charge in [0.05, 0.1) is 0 Å². The van der Waals surface area contributed by atoms with Crippen LogP contribution in [-0.4, -0.2) is 18.1 Å². The molecule has 0 spiro atoms. The molecule has 0 aliphatic carbocycles. The summed E-state index contributed by atoms with van der Waals surface area (Å²) in [7, 11) is 2.04. The second-order valence-electron chi connectivity index (χ2n) is 5.07. The Labute approximate surface area is 115 Å². The molecule has 19 heavy (non-hydrogen) atoms. The van der Waals surface area contributed by atoms with E-state index >= 15 is 0 Å². The van der Waals surface area contributed by atoms with Gasteiger partial charge in [0.15, 0.2) is 0 Å². The number of aromatic nitrogens is 1. The third-order valence-corrected chi connectivity index (χ3v) is 3.50. The minimum absolute atomic E-state index is 0.517. The number of rotatable bonds is 6. The maximum Gasteiger partial charge on any atom is 0.0270 e. The molecule has 1 aromatic carbocycles. The Morgan fingerprint density at radius 3 is 2.58 bits per heavy atom. The summed E-state index contributed by atoms with van der Waals surface area (Å²) in [6.07, 6.45) is 7.07. The fraction of sp³-hybridized carbons (Fsp3) is 0.353. The highest BCUT2D eigenvalue weighted by atomic mass is 14.9. The Morgan fingerprint density at radius 1 is 1.11 bits per heavy atom. The third kappa shape index (κ3) is 4.49. The number of likely N-dealkylation sites (N-methyl/N-ethyl adjacent to an activating group) is 1. The number of aryl methyl sites for hydroxylation is 2. The fourth-order valence-corrected chi connectivity index (χ4v) is 2.36. The lowest BCUT2D eigenvalue weighted by Gasteiger charge is -2.16. The third-order valence-electron chi connectivity index (χ3n) is 3.50. The van der Waals surface area contributed by atoms with Crippen LogP contribution in [0, 0.1) is 6.92 Å². The highest BCUT2D eigenvalue weighted by molar-refractivity contribution is 5.22. The molecule has 0 saturated heterocycles. The summed E-state index contributed by atoms with van der Waals surface area (Å²) in [5, 5.41) is 3.41. The van der Waals surface area contributed by atoms with Crippen molar-refractivity contribution in [1.82, 2.24) is 10.3 Å². The van der Waals surface area contributed by atoms with Crippen LogP contribution in [0.2, 0.25) is 0 Å².